The fourth-order valence-electron chi connectivity index (χ4n) is 2.55. The van der Waals surface area contributed by atoms with Gasteiger partial charge in [-0.1, -0.05) is 0 Å². The quantitative estimate of drug-likeness (QED) is 0.854. The van der Waals surface area contributed by atoms with Gasteiger partial charge in [-0.05, 0) is 25.7 Å². The van der Waals surface area contributed by atoms with Crippen molar-refractivity contribution in [1.29, 1.82) is 0 Å². The molecule has 1 saturated carbocycles. The van der Waals surface area contributed by atoms with Crippen LogP contribution in [0.25, 0.3) is 0 Å². The topological polar surface area (TPSA) is 84.4 Å². The van der Waals surface area contributed by atoms with E-state index >= 15 is 0 Å². The van der Waals surface area contributed by atoms with Gasteiger partial charge < -0.3 is 9.64 Å². The van der Waals surface area contributed by atoms with Gasteiger partial charge in [0, 0.05) is 25.2 Å². The highest BCUT2D eigenvalue weighted by atomic mass is 32.2. The minimum atomic E-state index is -3.09. The number of hydrogen-bond donors (Lipinski definition) is 1. The molecule has 21 heavy (non-hydrogen) atoms. The van der Waals surface area contributed by atoms with Crippen molar-refractivity contribution in [2.75, 3.05) is 25.1 Å². The van der Waals surface area contributed by atoms with Crippen molar-refractivity contribution in [3.8, 4) is 5.88 Å². The van der Waals surface area contributed by atoms with Gasteiger partial charge in [0.2, 0.25) is 15.9 Å². The molecule has 3 rings (SSSR count). The second-order valence-electron chi connectivity index (χ2n) is 5.54. The van der Waals surface area contributed by atoms with Crippen LogP contribution in [-0.4, -0.2) is 49.9 Å². The van der Waals surface area contributed by atoms with Crippen molar-refractivity contribution >= 4 is 15.8 Å². The summed E-state index contributed by atoms with van der Waals surface area (Å²) in [6, 6.07) is 1.84. The molecule has 0 radical (unpaired) electrons. The van der Waals surface area contributed by atoms with E-state index in [9.17, 15) is 8.42 Å². The SMILES string of the molecule is COc1cc(N2CCC(NS(=O)(=O)C3CC3)CC2)ncn1. The Balaban J connectivity index is 1.57. The Morgan fingerprint density at radius 1 is 1.24 bits per heavy atom. The van der Waals surface area contributed by atoms with Crippen LogP contribution in [0.4, 0.5) is 5.82 Å². The molecule has 1 saturated heterocycles. The van der Waals surface area contributed by atoms with Gasteiger partial charge in [0.05, 0.1) is 12.4 Å². The van der Waals surface area contributed by atoms with E-state index in [1.165, 1.54) is 6.33 Å². The van der Waals surface area contributed by atoms with E-state index in [4.69, 9.17) is 4.74 Å². The lowest BCUT2D eigenvalue weighted by Crippen LogP contribution is -2.45. The van der Waals surface area contributed by atoms with Gasteiger partial charge >= 0.3 is 0 Å². The Labute approximate surface area is 124 Å². The number of hydrogen-bond acceptors (Lipinski definition) is 6. The Morgan fingerprint density at radius 3 is 2.57 bits per heavy atom. The summed E-state index contributed by atoms with van der Waals surface area (Å²) < 4.78 is 31.8. The van der Waals surface area contributed by atoms with E-state index in [0.29, 0.717) is 5.88 Å². The maximum absolute atomic E-state index is 11.9. The maximum atomic E-state index is 11.9. The molecule has 0 unspecified atom stereocenters. The van der Waals surface area contributed by atoms with Gasteiger partial charge in [-0.3, -0.25) is 0 Å². The van der Waals surface area contributed by atoms with Crippen molar-refractivity contribution < 1.29 is 13.2 Å². The van der Waals surface area contributed by atoms with Crippen molar-refractivity contribution in [3.05, 3.63) is 12.4 Å². The van der Waals surface area contributed by atoms with E-state index in [1.54, 1.807) is 13.2 Å². The van der Waals surface area contributed by atoms with Crippen LogP contribution >= 0.6 is 0 Å². The summed E-state index contributed by atoms with van der Waals surface area (Å²) >= 11 is 0. The van der Waals surface area contributed by atoms with Gasteiger partial charge in [0.1, 0.15) is 12.1 Å². The van der Waals surface area contributed by atoms with E-state index in [1.807, 2.05) is 0 Å². The fraction of sp³-hybridized carbons (Fsp3) is 0.692. The molecule has 2 aliphatic rings. The molecule has 0 atom stereocenters. The predicted molar refractivity (Wildman–Crippen MR) is 78.9 cm³/mol. The number of anilines is 1. The molecule has 8 heteroatoms. The third-order valence-corrected chi connectivity index (χ3v) is 5.96. The highest BCUT2D eigenvalue weighted by molar-refractivity contribution is 7.90. The Hall–Kier alpha value is -1.41. The number of methoxy groups -OCH3 is 1. The Morgan fingerprint density at radius 2 is 1.95 bits per heavy atom. The molecular formula is C13H20N4O3S. The monoisotopic (exact) mass is 312 g/mol. The number of nitrogens with zero attached hydrogens (tertiary/aromatic N) is 3. The lowest BCUT2D eigenvalue weighted by atomic mass is 10.1. The molecule has 2 heterocycles. The molecular weight excluding hydrogens is 292 g/mol. The summed E-state index contributed by atoms with van der Waals surface area (Å²) in [5.41, 5.74) is 0. The molecule has 2 fully saturated rings. The summed E-state index contributed by atoms with van der Waals surface area (Å²) in [5.74, 6) is 1.36. The molecule has 7 nitrogen and oxygen atoms in total. The summed E-state index contributed by atoms with van der Waals surface area (Å²) in [5, 5.41) is -0.151. The summed E-state index contributed by atoms with van der Waals surface area (Å²) in [6.07, 6.45) is 4.66. The van der Waals surface area contributed by atoms with E-state index in [0.717, 1.165) is 44.6 Å². The van der Waals surface area contributed by atoms with Crippen molar-refractivity contribution in [1.82, 2.24) is 14.7 Å². The summed E-state index contributed by atoms with van der Waals surface area (Å²) in [7, 11) is -1.52. The highest BCUT2D eigenvalue weighted by Gasteiger charge is 2.37. The minimum Gasteiger partial charge on any atom is -0.481 e. The normalized spacial score (nSPS) is 20.5. The smallest absolute Gasteiger partial charge is 0.218 e. The van der Waals surface area contributed by atoms with E-state index in [-0.39, 0.29) is 11.3 Å². The molecule has 0 spiro atoms. The summed E-state index contributed by atoms with van der Waals surface area (Å²) in [4.78, 5) is 10.4. The van der Waals surface area contributed by atoms with Crippen LogP contribution in [0.2, 0.25) is 0 Å². The molecule has 1 aliphatic carbocycles. The highest BCUT2D eigenvalue weighted by Crippen LogP contribution is 2.28. The molecule has 116 valence electrons. The zero-order chi connectivity index (χ0) is 14.9. The lowest BCUT2D eigenvalue weighted by molar-refractivity contribution is 0.396. The zero-order valence-electron chi connectivity index (χ0n) is 12.0. The second-order valence-corrected chi connectivity index (χ2v) is 7.53. The predicted octanol–water partition coefficient (Wildman–Crippen LogP) is 0.536. The average Bonchev–Trinajstić information content (AvgIpc) is 3.33. The number of sulfonamides is 1. The number of rotatable bonds is 5. The van der Waals surface area contributed by atoms with Crippen LogP contribution < -0.4 is 14.4 Å². The molecule has 0 aromatic carbocycles. The van der Waals surface area contributed by atoms with Crippen molar-refractivity contribution in [2.45, 2.75) is 37.0 Å². The Kier molecular flexibility index (Phi) is 3.99. The number of piperidine rings is 1. The van der Waals surface area contributed by atoms with Gasteiger partial charge in [-0.2, -0.15) is 0 Å². The van der Waals surface area contributed by atoms with E-state index in [2.05, 4.69) is 19.6 Å². The first-order valence-corrected chi connectivity index (χ1v) is 8.75. The third kappa shape index (κ3) is 3.44. The van der Waals surface area contributed by atoms with Crippen molar-refractivity contribution in [2.24, 2.45) is 0 Å². The number of nitrogens with one attached hydrogen (secondary N) is 1. The Bertz CT molecular complexity index is 595. The van der Waals surface area contributed by atoms with Gasteiger partial charge in [0.15, 0.2) is 0 Å². The number of ether oxygens (including phenoxy) is 1. The van der Waals surface area contributed by atoms with Crippen LogP contribution in [0.3, 0.4) is 0 Å². The van der Waals surface area contributed by atoms with Crippen LogP contribution in [0.15, 0.2) is 12.4 Å². The molecule has 1 aromatic rings. The van der Waals surface area contributed by atoms with Crippen LogP contribution in [0.1, 0.15) is 25.7 Å². The van der Waals surface area contributed by atoms with E-state index < -0.39 is 10.0 Å². The zero-order valence-corrected chi connectivity index (χ0v) is 12.8. The minimum absolute atomic E-state index is 0.0376. The lowest BCUT2D eigenvalue weighted by Gasteiger charge is -2.33. The van der Waals surface area contributed by atoms with Crippen LogP contribution in [-0.2, 0) is 10.0 Å². The molecule has 1 N–H and O–H groups in total. The van der Waals surface area contributed by atoms with Crippen LogP contribution in [0.5, 0.6) is 5.88 Å². The van der Waals surface area contributed by atoms with Crippen molar-refractivity contribution in [3.63, 3.8) is 0 Å². The number of aromatic nitrogens is 2. The van der Waals surface area contributed by atoms with Gasteiger partial charge in [-0.15, -0.1) is 0 Å². The first-order valence-electron chi connectivity index (χ1n) is 7.20. The van der Waals surface area contributed by atoms with Gasteiger partial charge in [0.25, 0.3) is 0 Å². The van der Waals surface area contributed by atoms with Gasteiger partial charge in [-0.25, -0.2) is 23.1 Å². The maximum Gasteiger partial charge on any atom is 0.218 e. The second kappa shape index (κ2) is 5.76. The molecule has 1 aliphatic heterocycles. The largest absolute Gasteiger partial charge is 0.481 e. The summed E-state index contributed by atoms with van der Waals surface area (Å²) in [6.45, 7) is 1.55. The molecule has 1 aromatic heterocycles. The first kappa shape index (κ1) is 14.5. The molecule has 0 amide bonds. The average molecular weight is 312 g/mol. The standard InChI is InChI=1S/C13H20N4O3S/c1-20-13-8-12(14-9-15-13)17-6-4-10(5-7-17)16-21(18,19)11-2-3-11/h8-11,16H,2-7H2,1H3. The first-order chi connectivity index (χ1) is 10.1. The fourth-order valence-corrected chi connectivity index (χ4v) is 4.20. The molecule has 0 bridgehead atoms. The third-order valence-electron chi connectivity index (χ3n) is 3.95. The van der Waals surface area contributed by atoms with Crippen LogP contribution in [0, 0.1) is 0 Å².